The lowest BCUT2D eigenvalue weighted by Crippen LogP contribution is -2.37. The molecule has 4 nitrogen and oxygen atoms in total. The molecule has 1 unspecified atom stereocenters. The van der Waals surface area contributed by atoms with E-state index in [1.807, 2.05) is 0 Å². The summed E-state index contributed by atoms with van der Waals surface area (Å²) in [5.74, 6) is 1.87. The lowest BCUT2D eigenvalue weighted by atomic mass is 10.0. The third kappa shape index (κ3) is 3.16. The van der Waals surface area contributed by atoms with E-state index in [9.17, 15) is 5.11 Å². The van der Waals surface area contributed by atoms with Gasteiger partial charge in [0.25, 0.3) is 0 Å². The lowest BCUT2D eigenvalue weighted by Gasteiger charge is -2.23. The molecule has 1 aliphatic carbocycles. The number of rotatable bonds is 5. The molecule has 2 N–H and O–H groups in total. The van der Waals surface area contributed by atoms with Crippen molar-refractivity contribution in [1.29, 1.82) is 0 Å². The normalized spacial score (nSPS) is 22.9. The van der Waals surface area contributed by atoms with Crippen LogP contribution in [0.15, 0.2) is 12.1 Å². The Morgan fingerprint density at radius 3 is 2.86 bits per heavy atom. The molecule has 0 aromatic heterocycles. The third-order valence-corrected chi connectivity index (χ3v) is 4.60. The molecule has 0 saturated heterocycles. The molecule has 0 bridgehead atoms. The maximum Gasteiger partial charge on any atom is 0.123 e. The van der Waals surface area contributed by atoms with Crippen molar-refractivity contribution in [1.82, 2.24) is 5.32 Å². The van der Waals surface area contributed by atoms with Crippen molar-refractivity contribution in [3.63, 3.8) is 0 Å². The smallest absolute Gasteiger partial charge is 0.123 e. The molecule has 1 aromatic rings. The molecule has 21 heavy (non-hydrogen) atoms. The van der Waals surface area contributed by atoms with Crippen LogP contribution >= 0.6 is 0 Å². The minimum Gasteiger partial charge on any atom is -0.496 e. The number of nitrogens with one attached hydrogen (secondary N) is 1. The fraction of sp³-hybridized carbons (Fsp3) is 0.647. The van der Waals surface area contributed by atoms with Crippen molar-refractivity contribution in [2.75, 3.05) is 13.7 Å². The molecule has 1 aromatic carbocycles. The van der Waals surface area contributed by atoms with Crippen molar-refractivity contribution >= 4 is 0 Å². The number of hydrogen-bond donors (Lipinski definition) is 2. The predicted octanol–water partition coefficient (Wildman–Crippen LogP) is 2.41. The summed E-state index contributed by atoms with van der Waals surface area (Å²) >= 11 is 0. The number of hydrogen-bond acceptors (Lipinski definition) is 4. The van der Waals surface area contributed by atoms with Crippen molar-refractivity contribution in [3.05, 3.63) is 23.3 Å². The molecule has 116 valence electrons. The van der Waals surface area contributed by atoms with E-state index in [1.54, 1.807) is 7.11 Å². The number of ether oxygens (including phenoxy) is 2. The molecule has 3 rings (SSSR count). The molecular formula is C17H25NO3. The molecule has 1 saturated carbocycles. The quantitative estimate of drug-likeness (QED) is 0.875. The minimum atomic E-state index is -0.519. The van der Waals surface area contributed by atoms with Crippen molar-refractivity contribution in [2.45, 2.75) is 57.3 Å². The van der Waals surface area contributed by atoms with E-state index >= 15 is 0 Å². The van der Waals surface area contributed by atoms with Gasteiger partial charge in [-0.05, 0) is 31.9 Å². The molecule has 1 fully saturated rings. The first-order valence-corrected chi connectivity index (χ1v) is 7.89. The summed E-state index contributed by atoms with van der Waals surface area (Å²) < 4.78 is 11.3. The average Bonchev–Trinajstić information content (AvgIpc) is 3.03. The number of benzene rings is 1. The van der Waals surface area contributed by atoms with E-state index in [-0.39, 0.29) is 6.10 Å². The summed E-state index contributed by atoms with van der Waals surface area (Å²) in [7, 11) is 1.70. The van der Waals surface area contributed by atoms with Crippen LogP contribution in [0, 0.1) is 0 Å². The molecule has 4 heteroatoms. The van der Waals surface area contributed by atoms with E-state index in [4.69, 9.17) is 9.47 Å². The number of aliphatic hydroxyl groups is 1. The number of fused-ring (bicyclic) bond motifs is 1. The van der Waals surface area contributed by atoms with Crippen LogP contribution in [0.3, 0.4) is 0 Å². The molecular weight excluding hydrogens is 266 g/mol. The van der Waals surface area contributed by atoms with Crippen LogP contribution < -0.4 is 14.8 Å². The Bertz CT molecular complexity index is 509. The first-order valence-electron chi connectivity index (χ1n) is 7.89. The van der Waals surface area contributed by atoms with Gasteiger partial charge < -0.3 is 19.9 Å². The maximum absolute atomic E-state index is 10.4. The van der Waals surface area contributed by atoms with Crippen molar-refractivity contribution < 1.29 is 14.6 Å². The molecule has 0 amide bonds. The molecule has 1 aliphatic heterocycles. The highest BCUT2D eigenvalue weighted by Crippen LogP contribution is 2.35. The monoisotopic (exact) mass is 291 g/mol. The Hall–Kier alpha value is -1.26. The molecule has 1 heterocycles. The van der Waals surface area contributed by atoms with Gasteiger partial charge in [-0.25, -0.2) is 0 Å². The SMILES string of the molecule is COc1cc2c(cc1CNCC1(O)CCCC1)OC(C)C2. The summed E-state index contributed by atoms with van der Waals surface area (Å²) in [6, 6.07) is 4.16. The summed E-state index contributed by atoms with van der Waals surface area (Å²) in [5, 5.41) is 13.7. The average molecular weight is 291 g/mol. The highest BCUT2D eigenvalue weighted by Gasteiger charge is 2.30. The van der Waals surface area contributed by atoms with Crippen molar-refractivity contribution in [2.24, 2.45) is 0 Å². The van der Waals surface area contributed by atoms with Crippen LogP contribution in [0.25, 0.3) is 0 Å². The highest BCUT2D eigenvalue weighted by molar-refractivity contribution is 5.48. The Kier molecular flexibility index (Phi) is 4.09. The summed E-state index contributed by atoms with van der Waals surface area (Å²) in [6.45, 7) is 3.42. The van der Waals surface area contributed by atoms with E-state index in [1.165, 1.54) is 5.56 Å². The molecule has 0 spiro atoms. The molecule has 0 radical (unpaired) electrons. The van der Waals surface area contributed by atoms with E-state index in [2.05, 4.69) is 24.4 Å². The van der Waals surface area contributed by atoms with Gasteiger partial charge in [-0.2, -0.15) is 0 Å². The minimum absolute atomic E-state index is 0.243. The van der Waals surface area contributed by atoms with Crippen LogP contribution in [0.2, 0.25) is 0 Å². The van der Waals surface area contributed by atoms with Gasteiger partial charge in [0.1, 0.15) is 17.6 Å². The molecule has 2 aliphatic rings. The maximum atomic E-state index is 10.4. The van der Waals surface area contributed by atoms with Crippen molar-refractivity contribution in [3.8, 4) is 11.5 Å². The van der Waals surface area contributed by atoms with Gasteiger partial charge in [-0.15, -0.1) is 0 Å². The Morgan fingerprint density at radius 1 is 1.38 bits per heavy atom. The summed E-state index contributed by atoms with van der Waals surface area (Å²) in [6.07, 6.45) is 5.26. The van der Waals surface area contributed by atoms with E-state index in [0.717, 1.165) is 49.2 Å². The fourth-order valence-corrected chi connectivity index (χ4v) is 3.45. The lowest BCUT2D eigenvalue weighted by molar-refractivity contribution is 0.0474. The second kappa shape index (κ2) is 5.85. The second-order valence-electron chi connectivity index (χ2n) is 6.44. The topological polar surface area (TPSA) is 50.7 Å². The predicted molar refractivity (Wildman–Crippen MR) is 81.9 cm³/mol. The van der Waals surface area contributed by atoms with Gasteiger partial charge in [0, 0.05) is 30.6 Å². The zero-order chi connectivity index (χ0) is 14.9. The zero-order valence-electron chi connectivity index (χ0n) is 12.9. The standard InChI is InChI=1S/C17H25NO3/c1-12-7-13-8-15(20-2)14(9-16(13)21-12)10-18-11-17(19)5-3-4-6-17/h8-9,12,18-19H,3-7,10-11H2,1-2H3. The van der Waals surface area contributed by atoms with Crippen LogP contribution in [-0.4, -0.2) is 30.5 Å². The van der Waals surface area contributed by atoms with Gasteiger partial charge >= 0.3 is 0 Å². The Morgan fingerprint density at radius 2 is 2.14 bits per heavy atom. The Labute approximate surface area is 126 Å². The zero-order valence-corrected chi connectivity index (χ0v) is 12.9. The van der Waals surface area contributed by atoms with Gasteiger partial charge in [0.2, 0.25) is 0 Å². The highest BCUT2D eigenvalue weighted by atomic mass is 16.5. The van der Waals surface area contributed by atoms with E-state index in [0.29, 0.717) is 13.1 Å². The first kappa shape index (κ1) is 14.7. The third-order valence-electron chi connectivity index (χ3n) is 4.60. The van der Waals surface area contributed by atoms with Gasteiger partial charge in [0.15, 0.2) is 0 Å². The number of methoxy groups -OCH3 is 1. The first-order chi connectivity index (χ1) is 10.1. The second-order valence-corrected chi connectivity index (χ2v) is 6.44. The van der Waals surface area contributed by atoms with Crippen LogP contribution in [-0.2, 0) is 13.0 Å². The van der Waals surface area contributed by atoms with E-state index < -0.39 is 5.60 Å². The Balaban J connectivity index is 1.66. The molecule has 1 atom stereocenters. The van der Waals surface area contributed by atoms with Crippen LogP contribution in [0.4, 0.5) is 0 Å². The fourth-order valence-electron chi connectivity index (χ4n) is 3.45. The van der Waals surface area contributed by atoms with Gasteiger partial charge in [0.05, 0.1) is 12.7 Å². The van der Waals surface area contributed by atoms with Gasteiger partial charge in [-0.3, -0.25) is 0 Å². The van der Waals surface area contributed by atoms with Crippen LogP contribution in [0.1, 0.15) is 43.7 Å². The summed E-state index contributed by atoms with van der Waals surface area (Å²) in [5.41, 5.74) is 1.79. The van der Waals surface area contributed by atoms with Crippen LogP contribution in [0.5, 0.6) is 11.5 Å². The summed E-state index contributed by atoms with van der Waals surface area (Å²) in [4.78, 5) is 0. The largest absolute Gasteiger partial charge is 0.496 e. The van der Waals surface area contributed by atoms with Gasteiger partial charge in [-0.1, -0.05) is 12.8 Å².